The summed E-state index contributed by atoms with van der Waals surface area (Å²) in [6.45, 7) is 2.25. The molecule has 1 N–H and O–H groups in total. The number of rotatable bonds is 0. The zero-order valence-electron chi connectivity index (χ0n) is 2.49. The van der Waals surface area contributed by atoms with Gasteiger partial charge < -0.3 is 5.32 Å². The van der Waals surface area contributed by atoms with Gasteiger partial charge in [0.2, 0.25) is 0 Å². The van der Waals surface area contributed by atoms with Crippen LogP contribution >= 0.6 is 0 Å². The van der Waals surface area contributed by atoms with Crippen LogP contribution < -0.4 is 5.32 Å². The second-order valence-corrected chi connectivity index (χ2v) is 0.947. The molecule has 0 atom stereocenters. The zero-order chi connectivity index (χ0) is 2.83. The van der Waals surface area contributed by atoms with Crippen molar-refractivity contribution < 1.29 is 0 Å². The van der Waals surface area contributed by atoms with Gasteiger partial charge in [0, 0.05) is 0 Å². The van der Waals surface area contributed by atoms with E-state index in [2.05, 4.69) is 11.7 Å². The molecular formula is C3H6N. The van der Waals surface area contributed by atoms with Crippen LogP contribution in [-0.4, -0.2) is 13.1 Å². The Morgan fingerprint density at radius 2 is 1.75 bits per heavy atom. The molecule has 1 fully saturated rings. The Labute approximate surface area is 26.0 Å². The van der Waals surface area contributed by atoms with Crippen LogP contribution in [-0.2, 0) is 0 Å². The summed E-state index contributed by atoms with van der Waals surface area (Å²) in [5.74, 6) is 0. The van der Waals surface area contributed by atoms with E-state index >= 15 is 0 Å². The molecule has 0 aromatic heterocycles. The predicted octanol–water partition coefficient (Wildman–Crippen LogP) is -0.206. The third kappa shape index (κ3) is 0.115. The van der Waals surface area contributed by atoms with Crippen molar-refractivity contribution in [2.45, 2.75) is 0 Å². The van der Waals surface area contributed by atoms with E-state index in [-0.39, 0.29) is 0 Å². The molecule has 0 aliphatic carbocycles. The van der Waals surface area contributed by atoms with Crippen molar-refractivity contribution in [1.29, 1.82) is 0 Å². The highest BCUT2D eigenvalue weighted by molar-refractivity contribution is 4.80. The van der Waals surface area contributed by atoms with Gasteiger partial charge in [-0.1, -0.05) is 0 Å². The molecule has 1 heteroatoms. The second-order valence-electron chi connectivity index (χ2n) is 0.947. The first-order valence-corrected chi connectivity index (χ1v) is 1.52. The summed E-state index contributed by atoms with van der Waals surface area (Å²) in [6, 6.07) is 0. The van der Waals surface area contributed by atoms with Crippen LogP contribution in [0.1, 0.15) is 0 Å². The monoisotopic (exact) mass is 56.1 g/mol. The van der Waals surface area contributed by atoms with Crippen molar-refractivity contribution in [1.82, 2.24) is 5.32 Å². The predicted molar refractivity (Wildman–Crippen MR) is 17.2 cm³/mol. The summed E-state index contributed by atoms with van der Waals surface area (Å²) in [7, 11) is 0. The number of hydrogen-bond donors (Lipinski definition) is 1. The molecule has 1 saturated heterocycles. The Balaban J connectivity index is 2.00. The van der Waals surface area contributed by atoms with E-state index in [0.717, 1.165) is 13.1 Å². The normalized spacial score (nSPS) is 24.0. The van der Waals surface area contributed by atoms with Gasteiger partial charge in [0.15, 0.2) is 0 Å². The molecule has 0 saturated carbocycles. The third-order valence-electron chi connectivity index (χ3n) is 0.577. The van der Waals surface area contributed by atoms with Gasteiger partial charge in [-0.2, -0.15) is 0 Å². The summed E-state index contributed by atoms with van der Waals surface area (Å²) < 4.78 is 0. The Hall–Kier alpha value is -0.0400. The summed E-state index contributed by atoms with van der Waals surface area (Å²) in [6.07, 6.45) is 2.19. The second kappa shape index (κ2) is 0.725. The van der Waals surface area contributed by atoms with Gasteiger partial charge in [0.1, 0.15) is 0 Å². The van der Waals surface area contributed by atoms with E-state index in [4.69, 9.17) is 0 Å². The maximum Gasteiger partial charge on any atom is -0.000463 e. The summed E-state index contributed by atoms with van der Waals surface area (Å²) in [5.41, 5.74) is 0. The molecule has 23 valence electrons. The molecule has 1 aliphatic rings. The van der Waals surface area contributed by atoms with Crippen LogP contribution in [0.15, 0.2) is 0 Å². The van der Waals surface area contributed by atoms with E-state index in [9.17, 15) is 0 Å². The van der Waals surface area contributed by atoms with E-state index in [1.165, 1.54) is 0 Å². The first-order chi connectivity index (χ1) is 2.00. The van der Waals surface area contributed by atoms with Crippen LogP contribution in [0.5, 0.6) is 0 Å². The van der Waals surface area contributed by atoms with Gasteiger partial charge in [-0.15, -0.1) is 0 Å². The Kier molecular flexibility index (Phi) is 0.401. The fourth-order valence-corrected chi connectivity index (χ4v) is 0.144. The van der Waals surface area contributed by atoms with Gasteiger partial charge in [-0.25, -0.2) is 0 Å². The Bertz CT molecular complexity index is 11.2. The fourth-order valence-electron chi connectivity index (χ4n) is 0.144. The summed E-state index contributed by atoms with van der Waals surface area (Å²) in [5, 5.41) is 3.06. The molecule has 0 amide bonds. The molecule has 1 heterocycles. The molecule has 1 radical (unpaired) electrons. The van der Waals surface area contributed by atoms with Gasteiger partial charge in [-0.05, 0) is 19.5 Å². The maximum atomic E-state index is 3.06. The molecule has 1 nitrogen and oxygen atoms in total. The van der Waals surface area contributed by atoms with Crippen molar-refractivity contribution in [2.24, 2.45) is 0 Å². The molecule has 0 aromatic rings. The van der Waals surface area contributed by atoms with Gasteiger partial charge >= 0.3 is 0 Å². The average Bonchev–Trinajstić information content (AvgIpc) is 0.722. The lowest BCUT2D eigenvalue weighted by molar-refractivity contribution is 0.659. The maximum absolute atomic E-state index is 3.06. The van der Waals surface area contributed by atoms with E-state index < -0.39 is 0 Å². The van der Waals surface area contributed by atoms with E-state index in [0.29, 0.717) is 0 Å². The lowest BCUT2D eigenvalue weighted by atomic mass is 10.3. The molecule has 0 unspecified atom stereocenters. The fraction of sp³-hybridized carbons (Fsp3) is 0.667. The lowest BCUT2D eigenvalue weighted by Gasteiger charge is -2.09. The molecular weight excluding hydrogens is 50.0 g/mol. The molecule has 1 aliphatic heterocycles. The molecule has 0 bridgehead atoms. The van der Waals surface area contributed by atoms with Crippen LogP contribution in [0.2, 0.25) is 0 Å². The minimum absolute atomic E-state index is 1.12. The first kappa shape index (κ1) is 2.21. The number of nitrogens with one attached hydrogen (secondary N) is 1. The summed E-state index contributed by atoms with van der Waals surface area (Å²) in [4.78, 5) is 0. The average molecular weight is 56.1 g/mol. The smallest absolute Gasteiger partial charge is 0.000463 e. The van der Waals surface area contributed by atoms with Crippen LogP contribution in [0, 0.1) is 6.42 Å². The minimum atomic E-state index is 1.12. The van der Waals surface area contributed by atoms with E-state index in [1.54, 1.807) is 0 Å². The summed E-state index contributed by atoms with van der Waals surface area (Å²) >= 11 is 0. The first-order valence-electron chi connectivity index (χ1n) is 1.52. The molecule has 0 spiro atoms. The quantitative estimate of drug-likeness (QED) is 0.405. The Morgan fingerprint density at radius 1 is 1.50 bits per heavy atom. The lowest BCUT2D eigenvalue weighted by Crippen LogP contribution is -2.30. The van der Waals surface area contributed by atoms with Gasteiger partial charge in [0.25, 0.3) is 0 Å². The topological polar surface area (TPSA) is 12.0 Å². The third-order valence-corrected chi connectivity index (χ3v) is 0.577. The zero-order valence-corrected chi connectivity index (χ0v) is 2.49. The minimum Gasteiger partial charge on any atom is -0.316 e. The van der Waals surface area contributed by atoms with Crippen molar-refractivity contribution in [3.05, 3.63) is 6.42 Å². The SMILES string of the molecule is [CH]1CNC1. The largest absolute Gasteiger partial charge is 0.316 e. The van der Waals surface area contributed by atoms with Crippen molar-refractivity contribution in [2.75, 3.05) is 13.1 Å². The highest BCUT2D eigenvalue weighted by Gasteiger charge is 1.93. The molecule has 0 aromatic carbocycles. The van der Waals surface area contributed by atoms with E-state index in [1.807, 2.05) is 0 Å². The standard InChI is InChI=1S/C3H6N/c1-2-4-3-1/h1,4H,2-3H2. The van der Waals surface area contributed by atoms with Gasteiger partial charge in [-0.3, -0.25) is 0 Å². The van der Waals surface area contributed by atoms with Gasteiger partial charge in [0.05, 0.1) is 0 Å². The number of hydrogen-bond acceptors (Lipinski definition) is 1. The molecule has 1 rings (SSSR count). The highest BCUT2D eigenvalue weighted by atomic mass is 14.9. The van der Waals surface area contributed by atoms with Crippen molar-refractivity contribution >= 4 is 0 Å². The van der Waals surface area contributed by atoms with Crippen molar-refractivity contribution in [3.63, 3.8) is 0 Å². The van der Waals surface area contributed by atoms with Crippen LogP contribution in [0.3, 0.4) is 0 Å². The Morgan fingerprint density at radius 3 is 1.75 bits per heavy atom. The van der Waals surface area contributed by atoms with Crippen LogP contribution in [0.4, 0.5) is 0 Å². The molecule has 4 heavy (non-hydrogen) atoms. The van der Waals surface area contributed by atoms with Crippen LogP contribution in [0.25, 0.3) is 0 Å². The highest BCUT2D eigenvalue weighted by Crippen LogP contribution is 1.78. The van der Waals surface area contributed by atoms with Crippen molar-refractivity contribution in [3.8, 4) is 0 Å².